The smallest absolute Gasteiger partial charge is 0.0687 e. The van der Waals surface area contributed by atoms with Crippen molar-refractivity contribution in [1.82, 2.24) is 9.80 Å². The van der Waals surface area contributed by atoms with E-state index in [-0.39, 0.29) is 6.61 Å². The maximum Gasteiger partial charge on any atom is 0.0687 e. The summed E-state index contributed by atoms with van der Waals surface area (Å²) in [6.45, 7) is 3.14. The molecule has 124 valence electrons. The Morgan fingerprint density at radius 2 is 1.61 bits per heavy atom. The zero-order valence-corrected chi connectivity index (χ0v) is 14.9. The standard InChI is InChI=1S/C20H28N2O/c1-15(22(4)5)17-7-9-18(10-8-17)20-11-6-16(13-21(2)3)12-19(20)14-23/h6-12,15,23H,13-14H2,1-5H3. The van der Waals surface area contributed by atoms with Crippen LogP contribution in [0, 0.1) is 0 Å². The van der Waals surface area contributed by atoms with Crippen molar-refractivity contribution in [2.75, 3.05) is 28.2 Å². The molecule has 0 radical (unpaired) electrons. The summed E-state index contributed by atoms with van der Waals surface area (Å²) in [4.78, 5) is 4.33. The van der Waals surface area contributed by atoms with Crippen LogP contribution in [0.5, 0.6) is 0 Å². The van der Waals surface area contributed by atoms with Gasteiger partial charge in [-0.1, -0.05) is 42.5 Å². The Hall–Kier alpha value is -1.68. The van der Waals surface area contributed by atoms with E-state index in [4.69, 9.17) is 0 Å². The fraction of sp³-hybridized carbons (Fsp3) is 0.400. The van der Waals surface area contributed by atoms with Crippen LogP contribution >= 0.6 is 0 Å². The van der Waals surface area contributed by atoms with Crippen molar-refractivity contribution in [2.24, 2.45) is 0 Å². The molecule has 23 heavy (non-hydrogen) atoms. The van der Waals surface area contributed by atoms with Crippen LogP contribution in [-0.2, 0) is 13.2 Å². The largest absolute Gasteiger partial charge is 0.392 e. The molecule has 0 amide bonds. The average molecular weight is 312 g/mol. The molecule has 2 aromatic carbocycles. The van der Waals surface area contributed by atoms with Gasteiger partial charge in [-0.15, -0.1) is 0 Å². The van der Waals surface area contributed by atoms with E-state index in [2.05, 4.69) is 87.4 Å². The molecule has 0 spiro atoms. The second-order valence-corrected chi connectivity index (χ2v) is 6.65. The predicted molar refractivity (Wildman–Crippen MR) is 97.3 cm³/mol. The third-order valence-corrected chi connectivity index (χ3v) is 4.32. The first-order valence-electron chi connectivity index (χ1n) is 8.06. The van der Waals surface area contributed by atoms with Crippen LogP contribution in [0.1, 0.15) is 29.7 Å². The predicted octanol–water partition coefficient (Wildman–Crippen LogP) is 3.53. The Kier molecular flexibility index (Phi) is 5.94. The molecular weight excluding hydrogens is 284 g/mol. The summed E-state index contributed by atoms with van der Waals surface area (Å²) in [6, 6.07) is 15.4. The van der Waals surface area contributed by atoms with Crippen molar-refractivity contribution in [3.8, 4) is 11.1 Å². The van der Waals surface area contributed by atoms with Gasteiger partial charge in [0, 0.05) is 12.6 Å². The highest BCUT2D eigenvalue weighted by Gasteiger charge is 2.10. The molecule has 0 bridgehead atoms. The quantitative estimate of drug-likeness (QED) is 0.884. The van der Waals surface area contributed by atoms with Gasteiger partial charge in [-0.25, -0.2) is 0 Å². The lowest BCUT2D eigenvalue weighted by Gasteiger charge is -2.20. The molecule has 0 aliphatic rings. The fourth-order valence-corrected chi connectivity index (χ4v) is 2.76. The summed E-state index contributed by atoms with van der Waals surface area (Å²) in [6.07, 6.45) is 0. The first-order chi connectivity index (χ1) is 10.9. The van der Waals surface area contributed by atoms with E-state index >= 15 is 0 Å². The van der Waals surface area contributed by atoms with Crippen molar-refractivity contribution in [3.05, 3.63) is 59.2 Å². The van der Waals surface area contributed by atoms with Gasteiger partial charge in [0.2, 0.25) is 0 Å². The van der Waals surface area contributed by atoms with Crippen molar-refractivity contribution < 1.29 is 5.11 Å². The van der Waals surface area contributed by atoms with Crippen molar-refractivity contribution >= 4 is 0 Å². The lowest BCUT2D eigenvalue weighted by molar-refractivity contribution is 0.282. The van der Waals surface area contributed by atoms with Gasteiger partial charge in [-0.05, 0) is 62.9 Å². The van der Waals surface area contributed by atoms with E-state index in [9.17, 15) is 5.11 Å². The van der Waals surface area contributed by atoms with E-state index in [1.165, 1.54) is 11.1 Å². The molecule has 1 unspecified atom stereocenters. The second kappa shape index (κ2) is 7.73. The highest BCUT2D eigenvalue weighted by Crippen LogP contribution is 2.27. The average Bonchev–Trinajstić information content (AvgIpc) is 2.53. The Bertz CT molecular complexity index is 633. The highest BCUT2D eigenvalue weighted by molar-refractivity contribution is 5.68. The molecule has 1 atom stereocenters. The Labute approximate surface area is 140 Å². The number of aliphatic hydroxyl groups is 1. The summed E-state index contributed by atoms with van der Waals surface area (Å²) in [5.74, 6) is 0. The van der Waals surface area contributed by atoms with Gasteiger partial charge in [0.1, 0.15) is 0 Å². The summed E-state index contributed by atoms with van der Waals surface area (Å²) in [7, 11) is 8.28. The number of hydrogen-bond donors (Lipinski definition) is 1. The Morgan fingerprint density at radius 3 is 2.13 bits per heavy atom. The minimum absolute atomic E-state index is 0.0620. The molecule has 3 heteroatoms. The molecule has 0 aromatic heterocycles. The van der Waals surface area contributed by atoms with Crippen molar-refractivity contribution in [3.63, 3.8) is 0 Å². The molecule has 2 rings (SSSR count). The molecule has 0 aliphatic heterocycles. The molecule has 2 aromatic rings. The summed E-state index contributed by atoms with van der Waals surface area (Å²) in [5, 5.41) is 9.73. The molecule has 0 heterocycles. The number of hydrogen-bond acceptors (Lipinski definition) is 3. The fourth-order valence-electron chi connectivity index (χ4n) is 2.76. The van der Waals surface area contributed by atoms with E-state index in [1.54, 1.807) is 0 Å². The first-order valence-corrected chi connectivity index (χ1v) is 8.06. The van der Waals surface area contributed by atoms with Crippen LogP contribution < -0.4 is 0 Å². The molecule has 0 aliphatic carbocycles. The SMILES string of the molecule is CC(c1ccc(-c2ccc(CN(C)C)cc2CO)cc1)N(C)C. The van der Waals surface area contributed by atoms with E-state index in [0.29, 0.717) is 6.04 Å². The highest BCUT2D eigenvalue weighted by atomic mass is 16.3. The number of benzene rings is 2. The first kappa shape index (κ1) is 17.7. The monoisotopic (exact) mass is 312 g/mol. The topological polar surface area (TPSA) is 26.7 Å². The van der Waals surface area contributed by atoms with Gasteiger partial charge in [0.25, 0.3) is 0 Å². The molecule has 0 saturated carbocycles. The van der Waals surface area contributed by atoms with Crippen LogP contribution in [-0.4, -0.2) is 43.1 Å². The Morgan fingerprint density at radius 1 is 0.957 bits per heavy atom. The molecular formula is C20H28N2O. The van der Waals surface area contributed by atoms with Gasteiger partial charge >= 0.3 is 0 Å². The summed E-state index contributed by atoms with van der Waals surface area (Å²) in [5.41, 5.74) is 5.77. The molecule has 0 saturated heterocycles. The van der Waals surface area contributed by atoms with Crippen molar-refractivity contribution in [1.29, 1.82) is 0 Å². The van der Waals surface area contributed by atoms with Gasteiger partial charge in [0.05, 0.1) is 6.61 Å². The van der Waals surface area contributed by atoms with Crippen molar-refractivity contribution in [2.45, 2.75) is 26.1 Å². The van der Waals surface area contributed by atoms with Crippen LogP contribution in [0.15, 0.2) is 42.5 Å². The van der Waals surface area contributed by atoms with Gasteiger partial charge < -0.3 is 14.9 Å². The third-order valence-electron chi connectivity index (χ3n) is 4.32. The van der Waals surface area contributed by atoms with Gasteiger partial charge in [-0.2, -0.15) is 0 Å². The molecule has 3 nitrogen and oxygen atoms in total. The van der Waals surface area contributed by atoms with Crippen LogP contribution in [0.3, 0.4) is 0 Å². The Balaban J connectivity index is 2.30. The van der Waals surface area contributed by atoms with Crippen LogP contribution in [0.2, 0.25) is 0 Å². The molecule has 1 N–H and O–H groups in total. The van der Waals surface area contributed by atoms with Crippen LogP contribution in [0.4, 0.5) is 0 Å². The minimum Gasteiger partial charge on any atom is -0.392 e. The molecule has 0 fully saturated rings. The zero-order chi connectivity index (χ0) is 17.0. The zero-order valence-electron chi connectivity index (χ0n) is 14.9. The lowest BCUT2D eigenvalue weighted by Crippen LogP contribution is -2.16. The third kappa shape index (κ3) is 4.41. The lowest BCUT2D eigenvalue weighted by atomic mass is 9.96. The summed E-state index contributed by atoms with van der Waals surface area (Å²) >= 11 is 0. The normalized spacial score (nSPS) is 12.9. The van der Waals surface area contributed by atoms with E-state index in [0.717, 1.165) is 23.2 Å². The number of aliphatic hydroxyl groups excluding tert-OH is 1. The number of rotatable bonds is 6. The second-order valence-electron chi connectivity index (χ2n) is 6.65. The maximum absolute atomic E-state index is 9.73. The van der Waals surface area contributed by atoms with Gasteiger partial charge in [-0.3, -0.25) is 0 Å². The minimum atomic E-state index is 0.0620. The van der Waals surface area contributed by atoms with E-state index in [1.807, 2.05) is 0 Å². The maximum atomic E-state index is 9.73. The number of nitrogens with zero attached hydrogens (tertiary/aromatic N) is 2. The van der Waals surface area contributed by atoms with Crippen LogP contribution in [0.25, 0.3) is 11.1 Å². The summed E-state index contributed by atoms with van der Waals surface area (Å²) < 4.78 is 0. The van der Waals surface area contributed by atoms with Gasteiger partial charge in [0.15, 0.2) is 0 Å². The van der Waals surface area contributed by atoms with E-state index < -0.39 is 0 Å².